The van der Waals surface area contributed by atoms with Crippen LogP contribution in [-0.4, -0.2) is 27.1 Å². The fraction of sp³-hybridized carbons (Fsp3) is 0.312. The summed E-state index contributed by atoms with van der Waals surface area (Å²) in [6, 6.07) is 4.30. The Morgan fingerprint density at radius 2 is 1.96 bits per heavy atom. The van der Waals surface area contributed by atoms with E-state index in [2.05, 4.69) is 32.8 Å². The highest BCUT2D eigenvalue weighted by Crippen LogP contribution is 2.42. The summed E-state index contributed by atoms with van der Waals surface area (Å²) in [6.07, 6.45) is -3.08. The zero-order valence-electron chi connectivity index (χ0n) is 13.2. The van der Waals surface area contributed by atoms with Crippen LogP contribution in [-0.2, 0) is 6.18 Å². The lowest BCUT2D eigenvalue weighted by molar-refractivity contribution is -0.137. The minimum atomic E-state index is -4.53. The Hall–Kier alpha value is -1.62. The lowest BCUT2D eigenvalue weighted by Gasteiger charge is -2.23. The summed E-state index contributed by atoms with van der Waals surface area (Å²) >= 11 is 8.02. The van der Waals surface area contributed by atoms with Gasteiger partial charge in [0.25, 0.3) is 11.8 Å². The van der Waals surface area contributed by atoms with Gasteiger partial charge in [0.05, 0.1) is 11.3 Å². The van der Waals surface area contributed by atoms with Gasteiger partial charge in [-0.15, -0.1) is 10.2 Å². The number of halogens is 5. The number of rotatable bonds is 4. The number of nitrogens with zero attached hydrogens (tertiary/aromatic N) is 3. The van der Waals surface area contributed by atoms with Crippen molar-refractivity contribution in [3.05, 3.63) is 40.5 Å². The predicted molar refractivity (Wildman–Crippen MR) is 98.4 cm³/mol. The second-order valence-corrected chi connectivity index (χ2v) is 6.99. The van der Waals surface area contributed by atoms with Gasteiger partial charge in [-0.25, -0.2) is 0 Å². The second-order valence-electron chi connectivity index (χ2n) is 5.52. The van der Waals surface area contributed by atoms with Gasteiger partial charge in [0.2, 0.25) is 0 Å². The number of alkyl halides is 4. The highest BCUT2D eigenvalue weighted by molar-refractivity contribution is 14.1. The van der Waals surface area contributed by atoms with E-state index in [0.717, 1.165) is 23.0 Å². The van der Waals surface area contributed by atoms with E-state index >= 15 is 0 Å². The van der Waals surface area contributed by atoms with Crippen LogP contribution in [0.3, 0.4) is 0 Å². The van der Waals surface area contributed by atoms with Crippen molar-refractivity contribution in [2.75, 3.05) is 15.9 Å². The Morgan fingerprint density at radius 1 is 1.19 bits per heavy atom. The van der Waals surface area contributed by atoms with Crippen LogP contribution in [0.25, 0.3) is 0 Å². The van der Waals surface area contributed by atoms with Crippen molar-refractivity contribution in [1.29, 1.82) is 0 Å². The van der Waals surface area contributed by atoms with Crippen LogP contribution in [0, 0.1) is 0 Å². The smallest absolute Gasteiger partial charge is 0.416 e. The van der Waals surface area contributed by atoms with Gasteiger partial charge in [0.1, 0.15) is 5.56 Å². The Balaban J connectivity index is 2.11. The maximum absolute atomic E-state index is 13.1. The molecule has 0 saturated carbocycles. The van der Waals surface area contributed by atoms with Crippen molar-refractivity contribution in [1.82, 2.24) is 10.2 Å². The summed E-state index contributed by atoms with van der Waals surface area (Å²) in [5.74, 6) is -0.503. The third-order valence-electron chi connectivity index (χ3n) is 3.75. The Kier molecular flexibility index (Phi) is 5.56. The third kappa shape index (κ3) is 3.88. The van der Waals surface area contributed by atoms with Gasteiger partial charge in [0, 0.05) is 6.54 Å². The number of aromatic nitrogens is 2. The van der Waals surface area contributed by atoms with E-state index in [1.165, 1.54) is 17.0 Å². The summed E-state index contributed by atoms with van der Waals surface area (Å²) in [7, 11) is 0. The summed E-state index contributed by atoms with van der Waals surface area (Å²) in [6.45, 7) is 0.249. The zero-order chi connectivity index (χ0) is 18.9. The Morgan fingerprint density at radius 3 is 2.65 bits per heavy atom. The SMILES string of the molecule is O=C1c2cc(Cl)nnc2Oc2ccc(C(F)(F)F)cc2N1CCCCI. The molecule has 0 bridgehead atoms. The molecule has 1 aromatic heterocycles. The minimum Gasteiger partial charge on any atom is -0.435 e. The molecule has 0 unspecified atom stereocenters. The molecular weight excluding hydrogens is 486 g/mol. The van der Waals surface area contributed by atoms with Crippen molar-refractivity contribution in [3.8, 4) is 11.6 Å². The van der Waals surface area contributed by atoms with Crippen molar-refractivity contribution in [3.63, 3.8) is 0 Å². The molecule has 0 fully saturated rings. The van der Waals surface area contributed by atoms with E-state index in [1.807, 2.05) is 0 Å². The molecule has 0 spiro atoms. The number of hydrogen-bond acceptors (Lipinski definition) is 4. The number of ether oxygens (including phenoxy) is 1. The van der Waals surface area contributed by atoms with E-state index in [4.69, 9.17) is 16.3 Å². The molecule has 0 atom stereocenters. The second kappa shape index (κ2) is 7.55. The number of anilines is 1. The maximum Gasteiger partial charge on any atom is 0.416 e. The molecule has 1 aliphatic rings. The summed E-state index contributed by atoms with van der Waals surface area (Å²) in [5, 5.41) is 7.39. The van der Waals surface area contributed by atoms with Crippen LogP contribution in [0.4, 0.5) is 18.9 Å². The monoisotopic (exact) mass is 497 g/mol. The lowest BCUT2D eigenvalue weighted by atomic mass is 10.1. The van der Waals surface area contributed by atoms with Crippen molar-refractivity contribution >= 4 is 45.8 Å². The van der Waals surface area contributed by atoms with Gasteiger partial charge in [-0.05, 0) is 41.5 Å². The molecule has 10 heteroatoms. The number of carbonyl (C=O) groups is 1. The fourth-order valence-electron chi connectivity index (χ4n) is 2.52. The molecule has 0 aliphatic carbocycles. The number of unbranched alkanes of at least 4 members (excludes halogenated alkanes) is 1. The van der Waals surface area contributed by atoms with E-state index in [-0.39, 0.29) is 34.6 Å². The van der Waals surface area contributed by atoms with Crippen LogP contribution < -0.4 is 9.64 Å². The molecule has 138 valence electrons. The molecule has 5 nitrogen and oxygen atoms in total. The molecule has 1 aromatic carbocycles. The number of carbonyl (C=O) groups excluding carboxylic acids is 1. The lowest BCUT2D eigenvalue weighted by Crippen LogP contribution is -2.31. The number of benzene rings is 1. The van der Waals surface area contributed by atoms with E-state index < -0.39 is 17.6 Å². The molecule has 26 heavy (non-hydrogen) atoms. The van der Waals surface area contributed by atoms with Gasteiger partial charge in [0.15, 0.2) is 10.9 Å². The molecule has 3 rings (SSSR count). The maximum atomic E-state index is 13.1. The van der Waals surface area contributed by atoms with Crippen LogP contribution in [0.15, 0.2) is 24.3 Å². The van der Waals surface area contributed by atoms with Gasteiger partial charge in [-0.1, -0.05) is 34.2 Å². The molecule has 0 radical (unpaired) electrons. The third-order valence-corrected chi connectivity index (χ3v) is 4.70. The average molecular weight is 498 g/mol. The average Bonchev–Trinajstić information content (AvgIpc) is 2.69. The first-order valence-corrected chi connectivity index (χ1v) is 9.52. The minimum absolute atomic E-state index is 0.00477. The number of amides is 1. The van der Waals surface area contributed by atoms with Crippen molar-refractivity contribution in [2.45, 2.75) is 19.0 Å². The largest absolute Gasteiger partial charge is 0.435 e. The van der Waals surface area contributed by atoms with Crippen LogP contribution in [0.1, 0.15) is 28.8 Å². The van der Waals surface area contributed by atoms with E-state index in [9.17, 15) is 18.0 Å². The van der Waals surface area contributed by atoms with E-state index in [0.29, 0.717) is 6.42 Å². The zero-order valence-corrected chi connectivity index (χ0v) is 16.1. The first-order chi connectivity index (χ1) is 12.3. The first-order valence-electron chi connectivity index (χ1n) is 7.61. The highest BCUT2D eigenvalue weighted by atomic mass is 127. The summed E-state index contributed by atoms with van der Waals surface area (Å²) in [5.41, 5.74) is -0.752. The summed E-state index contributed by atoms with van der Waals surface area (Å²) in [4.78, 5) is 14.2. The van der Waals surface area contributed by atoms with Gasteiger partial charge in [-0.2, -0.15) is 13.2 Å². The molecule has 2 aromatic rings. The number of fused-ring (bicyclic) bond motifs is 2. The van der Waals surface area contributed by atoms with Gasteiger partial charge >= 0.3 is 6.18 Å². The van der Waals surface area contributed by atoms with Crippen LogP contribution >= 0.6 is 34.2 Å². The molecule has 2 heterocycles. The molecule has 0 N–H and O–H groups in total. The predicted octanol–water partition coefficient (Wildman–Crippen LogP) is 5.12. The Labute approximate surface area is 165 Å². The molecule has 1 amide bonds. The van der Waals surface area contributed by atoms with Gasteiger partial charge in [-0.3, -0.25) is 4.79 Å². The topological polar surface area (TPSA) is 55.3 Å². The normalized spacial score (nSPS) is 13.7. The molecule has 1 aliphatic heterocycles. The standard InChI is InChI=1S/C16H12ClF3IN3O2/c17-13-8-10-14(23-22-13)26-12-4-3-9(16(18,19)20)7-11(12)24(15(10)25)6-2-1-5-21/h3-4,7-8H,1-2,5-6H2. The number of hydrogen-bond donors (Lipinski definition) is 0. The van der Waals surface area contributed by atoms with Crippen molar-refractivity contribution < 1.29 is 22.7 Å². The molecule has 0 saturated heterocycles. The molecular formula is C16H12ClF3IN3O2. The Bertz CT molecular complexity index is 848. The van der Waals surface area contributed by atoms with Gasteiger partial charge < -0.3 is 9.64 Å². The summed E-state index contributed by atoms with van der Waals surface area (Å²) < 4.78 is 45.8. The van der Waals surface area contributed by atoms with Crippen LogP contribution in [0.2, 0.25) is 5.15 Å². The quantitative estimate of drug-likeness (QED) is 0.334. The van der Waals surface area contributed by atoms with Crippen LogP contribution in [0.5, 0.6) is 11.6 Å². The first kappa shape index (κ1) is 19.2. The van der Waals surface area contributed by atoms with Crippen molar-refractivity contribution in [2.24, 2.45) is 0 Å². The highest BCUT2D eigenvalue weighted by Gasteiger charge is 2.35. The fourth-order valence-corrected chi connectivity index (χ4v) is 3.21. The van der Waals surface area contributed by atoms with E-state index in [1.54, 1.807) is 0 Å².